The fourth-order valence-corrected chi connectivity index (χ4v) is 6.33. The second-order valence-electron chi connectivity index (χ2n) is 12.7. The summed E-state index contributed by atoms with van der Waals surface area (Å²) in [5.41, 5.74) is 1.96. The first-order valence-electron chi connectivity index (χ1n) is 13.6. The molecule has 0 heterocycles. The first-order chi connectivity index (χ1) is 19.3. The van der Waals surface area contributed by atoms with E-state index in [1.54, 1.807) is 39.2 Å². The average molecular weight is 586 g/mol. The Balaban J connectivity index is 1.87. The molecule has 1 aromatic rings. The molecule has 0 aromatic heterocycles. The van der Waals surface area contributed by atoms with Crippen molar-refractivity contribution < 1.29 is 39.6 Å². The molecule has 4 rings (SSSR count). The van der Waals surface area contributed by atoms with E-state index in [2.05, 4.69) is 10.6 Å². The van der Waals surface area contributed by atoms with Gasteiger partial charge in [0.05, 0.1) is 23.8 Å². The molecule has 2 unspecified atom stereocenters. The summed E-state index contributed by atoms with van der Waals surface area (Å²) < 4.78 is 0. The zero-order valence-corrected chi connectivity index (χ0v) is 24.8. The number of ketones is 2. The number of anilines is 2. The molecule has 1 aromatic carbocycles. The van der Waals surface area contributed by atoms with E-state index < -0.39 is 69.7 Å². The Hall–Kier alpha value is -3.94. The molecule has 0 spiro atoms. The van der Waals surface area contributed by atoms with Crippen LogP contribution in [0.4, 0.5) is 11.4 Å². The summed E-state index contributed by atoms with van der Waals surface area (Å²) in [5, 5.41) is 51.1. The van der Waals surface area contributed by atoms with Crippen molar-refractivity contribution in [1.82, 2.24) is 10.2 Å². The quantitative estimate of drug-likeness (QED) is 0.181. The van der Waals surface area contributed by atoms with Gasteiger partial charge in [0.1, 0.15) is 17.1 Å². The van der Waals surface area contributed by atoms with E-state index in [0.717, 1.165) is 0 Å². The minimum Gasteiger partial charge on any atom is -0.510 e. The number of phenols is 1. The second-order valence-corrected chi connectivity index (χ2v) is 12.7. The monoisotopic (exact) mass is 585 g/mol. The molecule has 4 atom stereocenters. The third-order valence-electron chi connectivity index (χ3n) is 8.23. The van der Waals surface area contributed by atoms with Crippen LogP contribution < -0.4 is 21.3 Å². The SMILES string of the molecule is CN(C)c1cc(NC(=O)CNC(C)(C)C)c(O)c2c1C[C@H]1CC3[C@H](N(C)C)C(O)=C(C(N)=O)C(=O)C3(O)C(O)=C1C2=O. The summed E-state index contributed by atoms with van der Waals surface area (Å²) in [6, 6.07) is 0.487. The number of nitrogens with two attached hydrogens (primary N) is 1. The lowest BCUT2D eigenvalue weighted by molar-refractivity contribution is -0.148. The topological polar surface area (TPSA) is 206 Å². The molecule has 0 saturated heterocycles. The summed E-state index contributed by atoms with van der Waals surface area (Å²) in [4.78, 5) is 55.6. The highest BCUT2D eigenvalue weighted by Gasteiger charge is 2.63. The largest absolute Gasteiger partial charge is 0.510 e. The average Bonchev–Trinajstić information content (AvgIpc) is 2.85. The molecule has 3 aliphatic rings. The number of carbonyl (C=O) groups excluding carboxylic acids is 4. The van der Waals surface area contributed by atoms with Gasteiger partial charge in [-0.3, -0.25) is 24.1 Å². The minimum absolute atomic E-state index is 0.0175. The van der Waals surface area contributed by atoms with Gasteiger partial charge < -0.3 is 41.7 Å². The number of hydrogen-bond acceptors (Lipinski definition) is 11. The van der Waals surface area contributed by atoms with Gasteiger partial charge in [0, 0.05) is 36.8 Å². The van der Waals surface area contributed by atoms with Crippen molar-refractivity contribution in [1.29, 1.82) is 0 Å². The Morgan fingerprint density at radius 1 is 1.12 bits per heavy atom. The maximum absolute atomic E-state index is 14.1. The number of aliphatic hydroxyl groups excluding tert-OH is 2. The van der Waals surface area contributed by atoms with E-state index in [-0.39, 0.29) is 41.7 Å². The number of phenolic OH excluding ortho intramolecular Hbond substituents is 1. The van der Waals surface area contributed by atoms with Crippen molar-refractivity contribution >= 4 is 34.8 Å². The summed E-state index contributed by atoms with van der Waals surface area (Å²) in [5.74, 6) is -7.79. The number of amides is 2. The van der Waals surface area contributed by atoms with Gasteiger partial charge in [-0.25, -0.2) is 0 Å². The lowest BCUT2D eigenvalue weighted by Crippen LogP contribution is -2.63. The normalized spacial score (nSPS) is 25.7. The van der Waals surface area contributed by atoms with Crippen molar-refractivity contribution in [3.63, 3.8) is 0 Å². The molecule has 0 fully saturated rings. The lowest BCUT2D eigenvalue weighted by Gasteiger charge is -2.50. The molecule has 0 bridgehead atoms. The Labute approximate surface area is 243 Å². The van der Waals surface area contributed by atoms with E-state index in [0.29, 0.717) is 11.3 Å². The predicted octanol–water partition coefficient (Wildman–Crippen LogP) is 0.513. The highest BCUT2D eigenvalue weighted by atomic mass is 16.3. The van der Waals surface area contributed by atoms with Crippen molar-refractivity contribution in [2.45, 2.75) is 50.8 Å². The van der Waals surface area contributed by atoms with Crippen LogP contribution in [0.2, 0.25) is 0 Å². The smallest absolute Gasteiger partial charge is 0.255 e. The molecule has 13 heteroatoms. The Bertz CT molecular complexity index is 1450. The third-order valence-corrected chi connectivity index (χ3v) is 8.23. The molecular weight excluding hydrogens is 546 g/mol. The fourth-order valence-electron chi connectivity index (χ4n) is 6.33. The number of Topliss-reactive ketones (excluding diaryl/α,β-unsaturated/α-hetero) is 2. The highest BCUT2D eigenvalue weighted by molar-refractivity contribution is 6.25. The van der Waals surface area contributed by atoms with E-state index in [1.165, 1.54) is 4.90 Å². The van der Waals surface area contributed by atoms with Crippen LogP contribution in [0.5, 0.6) is 5.75 Å². The van der Waals surface area contributed by atoms with Gasteiger partial charge in [0.15, 0.2) is 17.1 Å². The van der Waals surface area contributed by atoms with Crippen molar-refractivity contribution in [2.24, 2.45) is 17.6 Å². The third kappa shape index (κ3) is 4.80. The van der Waals surface area contributed by atoms with Crippen LogP contribution in [0.3, 0.4) is 0 Å². The molecule has 3 aliphatic carbocycles. The van der Waals surface area contributed by atoms with Crippen LogP contribution >= 0.6 is 0 Å². The number of nitrogens with zero attached hydrogens (tertiary/aromatic N) is 2. The second kappa shape index (κ2) is 10.4. The number of likely N-dealkylation sites (N-methyl/N-ethyl adjacent to an activating group) is 1. The zero-order chi connectivity index (χ0) is 31.6. The fraction of sp³-hybridized carbons (Fsp3) is 0.517. The number of fused-ring (bicyclic) bond motifs is 3. The van der Waals surface area contributed by atoms with Gasteiger partial charge in [-0.1, -0.05) is 0 Å². The summed E-state index contributed by atoms with van der Waals surface area (Å²) in [6.45, 7) is 5.60. The number of primary amides is 1. The van der Waals surface area contributed by atoms with E-state index in [1.807, 2.05) is 20.8 Å². The predicted molar refractivity (Wildman–Crippen MR) is 154 cm³/mol. The Morgan fingerprint density at radius 2 is 1.74 bits per heavy atom. The van der Waals surface area contributed by atoms with Gasteiger partial charge in [-0.2, -0.15) is 0 Å². The summed E-state index contributed by atoms with van der Waals surface area (Å²) >= 11 is 0. The summed E-state index contributed by atoms with van der Waals surface area (Å²) in [6.07, 6.45) is 0.117. The number of nitrogens with one attached hydrogen (secondary N) is 2. The molecule has 13 nitrogen and oxygen atoms in total. The molecule has 42 heavy (non-hydrogen) atoms. The van der Waals surface area contributed by atoms with Crippen LogP contribution in [0.25, 0.3) is 0 Å². The van der Waals surface area contributed by atoms with E-state index in [9.17, 15) is 39.6 Å². The van der Waals surface area contributed by atoms with Crippen molar-refractivity contribution in [3.8, 4) is 5.75 Å². The van der Waals surface area contributed by atoms with E-state index in [4.69, 9.17) is 5.73 Å². The first-order valence-corrected chi connectivity index (χ1v) is 13.6. The van der Waals surface area contributed by atoms with Crippen LogP contribution in [0.1, 0.15) is 43.1 Å². The number of benzene rings is 1. The van der Waals surface area contributed by atoms with Crippen LogP contribution in [-0.2, 0) is 20.8 Å². The maximum atomic E-state index is 14.1. The molecule has 8 N–H and O–H groups in total. The number of rotatable bonds is 6. The molecule has 2 amide bonds. The number of hydrogen-bond donors (Lipinski definition) is 7. The number of allylic oxidation sites excluding steroid dienone is 1. The Kier molecular flexibility index (Phi) is 7.68. The zero-order valence-electron chi connectivity index (χ0n) is 24.8. The molecule has 228 valence electrons. The van der Waals surface area contributed by atoms with Crippen LogP contribution in [0, 0.1) is 11.8 Å². The number of aliphatic hydroxyl groups is 3. The van der Waals surface area contributed by atoms with Gasteiger partial charge in [-0.05, 0) is 65.3 Å². The molecule has 0 aliphatic heterocycles. The van der Waals surface area contributed by atoms with Crippen molar-refractivity contribution in [2.75, 3.05) is 45.0 Å². The summed E-state index contributed by atoms with van der Waals surface area (Å²) in [7, 11) is 6.62. The van der Waals surface area contributed by atoms with Crippen molar-refractivity contribution in [3.05, 3.63) is 39.9 Å². The van der Waals surface area contributed by atoms with Crippen LogP contribution in [0.15, 0.2) is 28.7 Å². The van der Waals surface area contributed by atoms with Crippen LogP contribution in [-0.4, -0.2) is 101 Å². The van der Waals surface area contributed by atoms with Gasteiger partial charge in [-0.15, -0.1) is 0 Å². The van der Waals surface area contributed by atoms with Gasteiger partial charge in [0.25, 0.3) is 5.91 Å². The maximum Gasteiger partial charge on any atom is 0.255 e. The molecule has 0 radical (unpaired) electrons. The lowest BCUT2D eigenvalue weighted by atomic mass is 9.58. The highest BCUT2D eigenvalue weighted by Crippen LogP contribution is 2.53. The number of aromatic hydroxyl groups is 1. The minimum atomic E-state index is -2.73. The van der Waals surface area contributed by atoms with E-state index >= 15 is 0 Å². The standard InChI is InChI=1S/C29H39N5O8/c1-28(2,3)31-11-17(35)32-15-10-16(33(4)5)13-8-12-9-14-21(34(6)7)24(38)20(27(30)41)26(40)29(14,42)25(39)18(12)23(37)19(13)22(15)36/h10,12,14,21,31,36,38-39,42H,8-9,11H2,1-7H3,(H2,30,41)(H,32,35)/t12-,14?,21-,29?/m0/s1. The first kappa shape index (κ1) is 31.0. The Morgan fingerprint density at radius 3 is 2.26 bits per heavy atom. The number of carbonyl (C=O) groups is 4. The van der Waals surface area contributed by atoms with Gasteiger partial charge in [0.2, 0.25) is 11.7 Å². The van der Waals surface area contributed by atoms with Gasteiger partial charge >= 0.3 is 0 Å². The molecule has 0 saturated carbocycles. The molecular formula is C29H39N5O8.